The van der Waals surface area contributed by atoms with E-state index >= 15 is 0 Å². The van der Waals surface area contributed by atoms with Gasteiger partial charge in [-0.3, -0.25) is 10.3 Å². The zero-order chi connectivity index (χ0) is 17.8. The number of aryl methyl sites for hydroxylation is 4. The Labute approximate surface area is 149 Å². The van der Waals surface area contributed by atoms with Gasteiger partial charge in [-0.2, -0.15) is 0 Å². The lowest BCUT2D eigenvalue weighted by molar-refractivity contribution is 0.0997. The molecule has 0 bridgehead atoms. The Morgan fingerprint density at radius 1 is 1.20 bits per heavy atom. The van der Waals surface area contributed by atoms with Crippen LogP contribution in [0.1, 0.15) is 40.7 Å². The summed E-state index contributed by atoms with van der Waals surface area (Å²) in [4.78, 5) is 8.89. The van der Waals surface area contributed by atoms with Crippen molar-refractivity contribution in [2.75, 3.05) is 6.73 Å². The predicted octanol–water partition coefficient (Wildman–Crippen LogP) is 3.48. The van der Waals surface area contributed by atoms with Gasteiger partial charge < -0.3 is 9.14 Å². The number of fused-ring (bicyclic) bond motifs is 1. The van der Waals surface area contributed by atoms with Crippen LogP contribution >= 0.6 is 0 Å². The van der Waals surface area contributed by atoms with Crippen LogP contribution < -0.4 is 5.32 Å². The molecule has 1 aromatic carbocycles. The second-order valence-corrected chi connectivity index (χ2v) is 6.38. The first-order valence-corrected chi connectivity index (χ1v) is 8.76. The molecule has 0 radical (unpaired) electrons. The minimum Gasteiger partial charge on any atom is -0.360 e. The van der Waals surface area contributed by atoms with Crippen molar-refractivity contribution in [3.63, 3.8) is 0 Å². The van der Waals surface area contributed by atoms with E-state index in [9.17, 15) is 0 Å². The van der Waals surface area contributed by atoms with Crippen LogP contribution in [0.5, 0.6) is 0 Å². The van der Waals surface area contributed by atoms with Crippen molar-refractivity contribution in [3.05, 3.63) is 64.4 Å². The van der Waals surface area contributed by atoms with Crippen molar-refractivity contribution in [1.29, 1.82) is 0 Å². The Balaban J connectivity index is 1.53. The molecule has 1 N–H and O–H groups in total. The van der Waals surface area contributed by atoms with Crippen LogP contribution in [0.25, 0.3) is 5.65 Å². The minimum atomic E-state index is 0.480. The fourth-order valence-electron chi connectivity index (χ4n) is 3.06. The number of imidazole rings is 1. The molecule has 0 saturated carbocycles. The smallest absolute Gasteiger partial charge is 0.155 e. The number of nitrogens with zero attached hydrogens (tertiary/aromatic N) is 3. The lowest BCUT2D eigenvalue weighted by Crippen LogP contribution is -2.19. The lowest BCUT2D eigenvalue weighted by Gasteiger charge is -2.12. The van der Waals surface area contributed by atoms with Crippen LogP contribution in [0.3, 0.4) is 0 Å². The van der Waals surface area contributed by atoms with Gasteiger partial charge >= 0.3 is 0 Å². The van der Waals surface area contributed by atoms with Crippen molar-refractivity contribution in [2.24, 2.45) is 0 Å². The van der Waals surface area contributed by atoms with Gasteiger partial charge in [-0.25, -0.2) is 4.98 Å². The first-order valence-electron chi connectivity index (χ1n) is 8.76. The molecule has 3 rings (SSSR count). The Morgan fingerprint density at radius 2 is 2.04 bits per heavy atom. The maximum Gasteiger partial charge on any atom is 0.155 e. The van der Waals surface area contributed by atoms with Crippen LogP contribution in [0, 0.1) is 20.8 Å². The quantitative estimate of drug-likeness (QED) is 0.529. The van der Waals surface area contributed by atoms with Crippen LogP contribution in [0.2, 0.25) is 0 Å². The standard InChI is InChI=1S/C20H26N4O/c1-5-17-8-6-7-14(2)19(17)9-21-13-25-12-18-11-24-16(4)15(3)23-20(24)10-22-18/h6-8,10-11,21H,5,9,12-13H2,1-4H3. The molecule has 3 aromatic rings. The normalized spacial score (nSPS) is 11.4. The van der Waals surface area contributed by atoms with E-state index in [1.807, 2.05) is 13.1 Å². The Hall–Kier alpha value is -2.24. The first kappa shape index (κ1) is 17.6. The van der Waals surface area contributed by atoms with Gasteiger partial charge in [-0.1, -0.05) is 25.1 Å². The van der Waals surface area contributed by atoms with Crippen molar-refractivity contribution < 1.29 is 4.74 Å². The zero-order valence-electron chi connectivity index (χ0n) is 15.5. The highest BCUT2D eigenvalue weighted by molar-refractivity contribution is 5.40. The van der Waals surface area contributed by atoms with Gasteiger partial charge in [-0.15, -0.1) is 0 Å². The molecule has 5 heteroatoms. The summed E-state index contributed by atoms with van der Waals surface area (Å²) in [7, 11) is 0. The summed E-state index contributed by atoms with van der Waals surface area (Å²) in [6, 6.07) is 6.47. The van der Waals surface area contributed by atoms with Gasteiger partial charge in [0, 0.05) is 18.4 Å². The van der Waals surface area contributed by atoms with Crippen LogP contribution in [0.15, 0.2) is 30.6 Å². The Kier molecular flexibility index (Phi) is 5.46. The number of rotatable bonds is 7. The van der Waals surface area contributed by atoms with E-state index in [0.717, 1.165) is 35.7 Å². The molecule has 0 aliphatic carbocycles. The summed E-state index contributed by atoms with van der Waals surface area (Å²) < 4.78 is 7.81. The molecular formula is C20H26N4O. The molecule has 132 valence electrons. The largest absolute Gasteiger partial charge is 0.360 e. The summed E-state index contributed by atoms with van der Waals surface area (Å²) in [5.74, 6) is 0. The number of ether oxygens (including phenoxy) is 1. The maximum atomic E-state index is 5.74. The van der Waals surface area contributed by atoms with Gasteiger partial charge in [0.2, 0.25) is 0 Å². The van der Waals surface area contributed by atoms with E-state index in [2.05, 4.69) is 58.7 Å². The molecule has 0 saturated heterocycles. The lowest BCUT2D eigenvalue weighted by atomic mass is 10.0. The molecule has 0 aliphatic heterocycles. The molecule has 0 fully saturated rings. The molecule has 0 spiro atoms. The van der Waals surface area contributed by atoms with Crippen molar-refractivity contribution in [2.45, 2.75) is 47.3 Å². The fourth-order valence-corrected chi connectivity index (χ4v) is 3.06. The predicted molar refractivity (Wildman–Crippen MR) is 99.5 cm³/mol. The second-order valence-electron chi connectivity index (χ2n) is 6.38. The molecule has 2 aromatic heterocycles. The number of benzene rings is 1. The molecule has 5 nitrogen and oxygen atoms in total. The zero-order valence-corrected chi connectivity index (χ0v) is 15.5. The third kappa shape index (κ3) is 3.89. The van der Waals surface area contributed by atoms with Crippen LogP contribution in [0.4, 0.5) is 0 Å². The Bertz CT molecular complexity index is 870. The van der Waals surface area contributed by atoms with E-state index in [0.29, 0.717) is 13.3 Å². The highest BCUT2D eigenvalue weighted by Gasteiger charge is 2.06. The van der Waals surface area contributed by atoms with Gasteiger partial charge in [0.15, 0.2) is 5.65 Å². The van der Waals surface area contributed by atoms with Crippen LogP contribution in [-0.2, 0) is 24.3 Å². The summed E-state index contributed by atoms with van der Waals surface area (Å²) in [6.07, 6.45) is 4.85. The van der Waals surface area contributed by atoms with E-state index < -0.39 is 0 Å². The third-order valence-corrected chi connectivity index (χ3v) is 4.68. The first-order chi connectivity index (χ1) is 12.1. The highest BCUT2D eigenvalue weighted by atomic mass is 16.5. The average molecular weight is 338 g/mol. The maximum absolute atomic E-state index is 5.74. The SMILES string of the molecule is CCc1cccc(C)c1CNCOCc1cn2c(C)c(C)nc2cn1. The van der Waals surface area contributed by atoms with Gasteiger partial charge in [0.25, 0.3) is 0 Å². The minimum absolute atomic E-state index is 0.480. The molecule has 0 amide bonds. The monoisotopic (exact) mass is 338 g/mol. The topological polar surface area (TPSA) is 51.5 Å². The summed E-state index contributed by atoms with van der Waals surface area (Å²) >= 11 is 0. The van der Waals surface area contributed by atoms with Crippen molar-refractivity contribution >= 4 is 5.65 Å². The number of aromatic nitrogens is 3. The molecule has 2 heterocycles. The van der Waals surface area contributed by atoms with Gasteiger partial charge in [0.05, 0.1) is 30.9 Å². The summed E-state index contributed by atoms with van der Waals surface area (Å²) in [6.45, 7) is 10.2. The van der Waals surface area contributed by atoms with Gasteiger partial charge in [-0.05, 0) is 43.9 Å². The molecule has 0 atom stereocenters. The van der Waals surface area contributed by atoms with E-state index in [1.165, 1.54) is 16.7 Å². The summed E-state index contributed by atoms with van der Waals surface area (Å²) in [5.41, 5.74) is 8.05. The average Bonchev–Trinajstić information content (AvgIpc) is 2.90. The number of hydrogen-bond acceptors (Lipinski definition) is 4. The highest BCUT2D eigenvalue weighted by Crippen LogP contribution is 2.14. The number of nitrogens with one attached hydrogen (secondary N) is 1. The number of hydrogen-bond donors (Lipinski definition) is 1. The molecular weight excluding hydrogens is 312 g/mol. The van der Waals surface area contributed by atoms with Crippen LogP contribution in [-0.4, -0.2) is 21.1 Å². The molecule has 25 heavy (non-hydrogen) atoms. The van der Waals surface area contributed by atoms with E-state index in [4.69, 9.17) is 4.74 Å². The van der Waals surface area contributed by atoms with E-state index in [-0.39, 0.29) is 0 Å². The fraction of sp³-hybridized carbons (Fsp3) is 0.400. The van der Waals surface area contributed by atoms with E-state index in [1.54, 1.807) is 6.20 Å². The molecule has 0 aliphatic rings. The molecule has 0 unspecified atom stereocenters. The second kappa shape index (κ2) is 7.76. The van der Waals surface area contributed by atoms with Crippen molar-refractivity contribution in [3.8, 4) is 0 Å². The van der Waals surface area contributed by atoms with Crippen molar-refractivity contribution in [1.82, 2.24) is 19.7 Å². The Morgan fingerprint density at radius 3 is 2.84 bits per heavy atom. The van der Waals surface area contributed by atoms with Gasteiger partial charge in [0.1, 0.15) is 0 Å². The third-order valence-electron chi connectivity index (χ3n) is 4.68. The summed E-state index contributed by atoms with van der Waals surface area (Å²) in [5, 5.41) is 3.37.